The lowest BCUT2D eigenvalue weighted by atomic mass is 10.2. The predicted octanol–water partition coefficient (Wildman–Crippen LogP) is 5.31. The van der Waals surface area contributed by atoms with Crippen LogP contribution >= 0.6 is 11.6 Å². The molecule has 0 saturated carbocycles. The zero-order valence-electron chi connectivity index (χ0n) is 17.6. The lowest BCUT2D eigenvalue weighted by Gasteiger charge is -2.24. The number of imidazole rings is 1. The molecule has 156 valence electrons. The van der Waals surface area contributed by atoms with Crippen molar-refractivity contribution in [2.24, 2.45) is 5.11 Å². The Morgan fingerprint density at radius 2 is 2.07 bits per heavy atom. The van der Waals surface area contributed by atoms with Gasteiger partial charge in [0.2, 0.25) is 10.9 Å². The fourth-order valence-corrected chi connectivity index (χ4v) is 4.61. The molecule has 0 spiro atoms. The second-order valence-corrected chi connectivity index (χ2v) is 8.01. The second-order valence-electron chi connectivity index (χ2n) is 7.60. The maximum atomic E-state index is 7.25. The van der Waals surface area contributed by atoms with Crippen LogP contribution in [0.1, 0.15) is 25.8 Å². The third kappa shape index (κ3) is 3.55. The van der Waals surface area contributed by atoms with Crippen molar-refractivity contribution in [3.63, 3.8) is 0 Å². The van der Waals surface area contributed by atoms with Crippen LogP contribution in [0, 0.1) is 12.5 Å². The van der Waals surface area contributed by atoms with Crippen molar-refractivity contribution in [1.29, 1.82) is 5.53 Å². The average molecular weight is 425 g/mol. The number of aryl methyl sites for hydroxylation is 1. The van der Waals surface area contributed by atoms with Crippen molar-refractivity contribution in [1.82, 2.24) is 14.5 Å². The highest BCUT2D eigenvalue weighted by Gasteiger charge is 2.30. The van der Waals surface area contributed by atoms with Gasteiger partial charge in [-0.05, 0) is 57.0 Å². The minimum Gasteiger partial charge on any atom is -0.370 e. The predicted molar refractivity (Wildman–Crippen MR) is 122 cm³/mol. The summed E-state index contributed by atoms with van der Waals surface area (Å²) in [5, 5.41) is 4.88. The average Bonchev–Trinajstić information content (AvgIpc) is 3.00. The fourth-order valence-electron chi connectivity index (χ4n) is 4.27. The molecule has 0 bridgehead atoms. The summed E-state index contributed by atoms with van der Waals surface area (Å²) in [5.41, 5.74) is 12.5. The second kappa shape index (κ2) is 8.46. The van der Waals surface area contributed by atoms with Crippen LogP contribution in [0.5, 0.6) is 0 Å². The van der Waals surface area contributed by atoms with Gasteiger partial charge < -0.3 is 14.4 Å². The molecule has 30 heavy (non-hydrogen) atoms. The molecule has 1 aliphatic rings. The van der Waals surface area contributed by atoms with E-state index in [-0.39, 0.29) is 6.04 Å². The maximum Gasteiger partial charge on any atom is 0.214 e. The van der Waals surface area contributed by atoms with Crippen molar-refractivity contribution < 1.29 is 0 Å². The Morgan fingerprint density at radius 1 is 1.27 bits per heavy atom. The van der Waals surface area contributed by atoms with Crippen LogP contribution < -0.4 is 14.7 Å². The molecule has 0 fully saturated rings. The van der Waals surface area contributed by atoms with Gasteiger partial charge in [-0.2, -0.15) is 0 Å². The van der Waals surface area contributed by atoms with E-state index in [2.05, 4.69) is 68.6 Å². The summed E-state index contributed by atoms with van der Waals surface area (Å²) < 4.78 is 2.23. The molecule has 3 aromatic rings. The molecular weight excluding hydrogens is 398 g/mol. The Balaban J connectivity index is 1.96. The smallest absolute Gasteiger partial charge is 0.214 e. The lowest BCUT2D eigenvalue weighted by molar-refractivity contribution is 0.531. The van der Waals surface area contributed by atoms with E-state index < -0.39 is 0 Å². The molecule has 0 aliphatic carbocycles. The normalized spacial score (nSPS) is 16.1. The lowest BCUT2D eigenvalue weighted by Crippen LogP contribution is -2.23. The summed E-state index contributed by atoms with van der Waals surface area (Å²) in [6, 6.07) is 12.3. The van der Waals surface area contributed by atoms with E-state index in [1.807, 2.05) is 13.0 Å². The number of fused-ring (bicyclic) bond motifs is 3. The molecule has 2 aromatic carbocycles. The first-order valence-corrected chi connectivity index (χ1v) is 10.8. The third-order valence-electron chi connectivity index (χ3n) is 5.77. The molecular formula is C22H27ClN7+. The Bertz CT molecular complexity index is 1110. The van der Waals surface area contributed by atoms with Gasteiger partial charge in [-0.25, -0.2) is 4.98 Å². The largest absolute Gasteiger partial charge is 0.370 e. The number of hydrogen-bond donors (Lipinski definition) is 1. The van der Waals surface area contributed by atoms with Crippen LogP contribution in [0.2, 0.25) is 5.02 Å². The van der Waals surface area contributed by atoms with Crippen LogP contribution in [0.25, 0.3) is 11.0 Å². The molecule has 1 aliphatic heterocycles. The zero-order chi connectivity index (χ0) is 21.3. The molecule has 1 N–H and O–H groups in total. The van der Waals surface area contributed by atoms with Crippen LogP contribution in [0.3, 0.4) is 0 Å². The number of rotatable bonds is 5. The van der Waals surface area contributed by atoms with Crippen molar-refractivity contribution in [2.45, 2.75) is 39.8 Å². The highest BCUT2D eigenvalue weighted by molar-refractivity contribution is 6.33. The molecule has 0 saturated heterocycles. The third-order valence-corrected chi connectivity index (χ3v) is 6.07. The molecule has 1 unspecified atom stereocenters. The Morgan fingerprint density at radius 3 is 2.77 bits per heavy atom. The van der Waals surface area contributed by atoms with Crippen LogP contribution in [-0.2, 0) is 6.54 Å². The van der Waals surface area contributed by atoms with E-state index in [0.29, 0.717) is 18.1 Å². The number of halogens is 1. The van der Waals surface area contributed by atoms with Crippen molar-refractivity contribution >= 4 is 40.0 Å². The molecule has 7 nitrogen and oxygen atoms in total. The quantitative estimate of drug-likeness (QED) is 0.445. The van der Waals surface area contributed by atoms with E-state index in [1.54, 1.807) is 0 Å². The summed E-state index contributed by atoms with van der Waals surface area (Å²) in [7, 11) is 0. The molecule has 1 aromatic heterocycles. The minimum atomic E-state index is -0.0855. The van der Waals surface area contributed by atoms with Gasteiger partial charge in [-0.15, -0.1) is 0 Å². The number of hydrogen-bond acceptors (Lipinski definition) is 5. The number of para-hydroxylation sites is 1. The molecule has 0 amide bonds. The highest BCUT2D eigenvalue weighted by atomic mass is 35.5. The van der Waals surface area contributed by atoms with E-state index in [9.17, 15) is 0 Å². The monoisotopic (exact) mass is 424 g/mol. The summed E-state index contributed by atoms with van der Waals surface area (Å²) >= 11 is 6.65. The summed E-state index contributed by atoms with van der Waals surface area (Å²) in [5.74, 6) is 0.859. The number of benzene rings is 2. The zero-order valence-corrected chi connectivity index (χ0v) is 18.4. The summed E-state index contributed by atoms with van der Waals surface area (Å²) in [6.07, 6.45) is 0.769. The Labute approximate surface area is 181 Å². The summed E-state index contributed by atoms with van der Waals surface area (Å²) in [6.45, 7) is 9.53. The standard InChI is InChI=1S/C22H27ClN7/c1-4-28(5-2)20-8-6-7-18-21(20)30-14-16(26-27-24)11-12-29(22(30)25-18)19-10-9-15(3)13-17(19)23/h6-10,13,16,24H,4-5,11-12,14H2,1-3H3/q+1. The van der Waals surface area contributed by atoms with Gasteiger partial charge in [0, 0.05) is 19.6 Å². The number of aromatic nitrogens is 2. The maximum absolute atomic E-state index is 7.25. The van der Waals surface area contributed by atoms with Crippen molar-refractivity contribution in [3.05, 3.63) is 47.0 Å². The number of anilines is 3. The van der Waals surface area contributed by atoms with Gasteiger partial charge in [-0.3, -0.25) is 0 Å². The van der Waals surface area contributed by atoms with E-state index in [1.165, 1.54) is 0 Å². The topological polar surface area (TPSA) is 74.6 Å². The highest BCUT2D eigenvalue weighted by Crippen LogP contribution is 2.38. The van der Waals surface area contributed by atoms with Crippen molar-refractivity contribution in [2.75, 3.05) is 29.4 Å². The SMILES string of the molecule is CCN(CC)c1cccc2nc3n(c12)CC(N=[N+]=N)CCN3c1ccc(C)cc1Cl. The van der Waals surface area contributed by atoms with E-state index in [4.69, 9.17) is 22.1 Å². The summed E-state index contributed by atoms with van der Waals surface area (Å²) in [4.78, 5) is 12.9. The van der Waals surface area contributed by atoms with Gasteiger partial charge in [-0.1, -0.05) is 23.7 Å². The molecule has 8 heteroatoms. The first-order valence-electron chi connectivity index (χ1n) is 10.4. The molecule has 0 radical (unpaired) electrons. The van der Waals surface area contributed by atoms with Gasteiger partial charge in [0.25, 0.3) is 0 Å². The minimum absolute atomic E-state index is 0.0855. The van der Waals surface area contributed by atoms with Crippen LogP contribution in [0.4, 0.5) is 17.3 Å². The molecule has 2 heterocycles. The van der Waals surface area contributed by atoms with E-state index in [0.717, 1.165) is 53.4 Å². The van der Waals surface area contributed by atoms with Gasteiger partial charge in [0.05, 0.1) is 34.0 Å². The number of nitrogens with one attached hydrogen (secondary N) is 1. The number of nitrogens with zero attached hydrogens (tertiary/aromatic N) is 6. The van der Waals surface area contributed by atoms with Crippen LogP contribution in [0.15, 0.2) is 41.5 Å². The Hall–Kier alpha value is -2.89. The van der Waals surface area contributed by atoms with E-state index >= 15 is 0 Å². The first kappa shape index (κ1) is 20.4. The van der Waals surface area contributed by atoms with Gasteiger partial charge in [0.15, 0.2) is 6.04 Å². The van der Waals surface area contributed by atoms with Crippen LogP contribution in [-0.4, -0.2) is 35.2 Å². The molecule has 4 rings (SSSR count). The molecule has 1 atom stereocenters. The Kier molecular flexibility index (Phi) is 5.75. The van der Waals surface area contributed by atoms with Gasteiger partial charge >= 0.3 is 0 Å². The first-order chi connectivity index (χ1) is 14.6. The van der Waals surface area contributed by atoms with Crippen molar-refractivity contribution in [3.8, 4) is 0 Å². The van der Waals surface area contributed by atoms with Gasteiger partial charge in [0.1, 0.15) is 10.6 Å². The fraction of sp³-hybridized carbons (Fsp3) is 0.409.